The maximum absolute atomic E-state index is 10.2. The van der Waals surface area contributed by atoms with Gasteiger partial charge in [0.1, 0.15) is 18.5 Å². The van der Waals surface area contributed by atoms with Gasteiger partial charge in [-0.25, -0.2) is 9.59 Å². The maximum Gasteiger partial charge on any atom is 0.414 e. The Morgan fingerprint density at radius 1 is 1.14 bits per heavy atom. The molecule has 1 saturated carbocycles. The Kier molecular flexibility index (Phi) is 10.6. The number of aliphatic hydroxyl groups excluding tert-OH is 1. The lowest BCUT2D eigenvalue weighted by atomic mass is 9.86. The topological polar surface area (TPSA) is 116 Å². The van der Waals surface area contributed by atoms with Gasteiger partial charge in [-0.2, -0.15) is 0 Å². The van der Waals surface area contributed by atoms with E-state index in [2.05, 4.69) is 32.2 Å². The minimum absolute atomic E-state index is 0.345. The number of para-hydroxylation sites is 1. The second kappa shape index (κ2) is 12.4. The van der Waals surface area contributed by atoms with Crippen molar-refractivity contribution < 1.29 is 29.6 Å². The molecule has 0 bridgehead atoms. The highest BCUT2D eigenvalue weighted by atomic mass is 16.5. The van der Waals surface area contributed by atoms with E-state index >= 15 is 0 Å². The van der Waals surface area contributed by atoms with E-state index in [0.29, 0.717) is 31.0 Å². The van der Waals surface area contributed by atoms with Crippen LogP contribution in [0.2, 0.25) is 0 Å². The highest BCUT2D eigenvalue weighted by Crippen LogP contribution is 2.26. The summed E-state index contributed by atoms with van der Waals surface area (Å²) < 4.78 is 5.84. The van der Waals surface area contributed by atoms with Gasteiger partial charge >= 0.3 is 11.9 Å². The molecule has 4 N–H and O–H groups in total. The van der Waals surface area contributed by atoms with E-state index in [-0.39, 0.29) is 0 Å². The third-order valence-corrected chi connectivity index (χ3v) is 4.88. The first-order valence-corrected chi connectivity index (χ1v) is 9.81. The molecule has 0 aliphatic heterocycles. The molecule has 3 unspecified atom stereocenters. The minimum atomic E-state index is -1.82. The number of nitrogens with one attached hydrogen (secondary N) is 1. The predicted molar refractivity (Wildman–Crippen MR) is 107 cm³/mol. The van der Waals surface area contributed by atoms with E-state index in [0.717, 1.165) is 5.75 Å². The summed E-state index contributed by atoms with van der Waals surface area (Å²) in [6.45, 7) is 7.57. The van der Waals surface area contributed by atoms with Crippen molar-refractivity contribution in [2.75, 3.05) is 13.2 Å². The van der Waals surface area contributed by atoms with Crippen LogP contribution in [0.3, 0.4) is 0 Å². The quantitative estimate of drug-likeness (QED) is 0.525. The number of hydrogen-bond acceptors (Lipinski definition) is 5. The molecule has 0 saturated heterocycles. The summed E-state index contributed by atoms with van der Waals surface area (Å²) in [5.41, 5.74) is 1.20. The van der Waals surface area contributed by atoms with Gasteiger partial charge in [-0.1, -0.05) is 51.8 Å². The fourth-order valence-electron chi connectivity index (χ4n) is 3.24. The van der Waals surface area contributed by atoms with Crippen LogP contribution in [0.1, 0.15) is 57.9 Å². The Morgan fingerprint density at radius 2 is 1.75 bits per heavy atom. The Labute approximate surface area is 166 Å². The van der Waals surface area contributed by atoms with Gasteiger partial charge in [-0.05, 0) is 36.3 Å². The van der Waals surface area contributed by atoms with Crippen molar-refractivity contribution in [3.8, 4) is 5.75 Å². The van der Waals surface area contributed by atoms with Gasteiger partial charge in [0.15, 0.2) is 0 Å². The largest absolute Gasteiger partial charge is 0.491 e. The molecule has 0 heterocycles. The average molecular weight is 395 g/mol. The molecule has 1 aromatic carbocycles. The molecule has 2 rings (SSSR count). The van der Waals surface area contributed by atoms with Crippen molar-refractivity contribution >= 4 is 11.9 Å². The van der Waals surface area contributed by atoms with Crippen molar-refractivity contribution in [3.05, 3.63) is 29.8 Å². The highest BCUT2D eigenvalue weighted by Gasteiger charge is 2.21. The van der Waals surface area contributed by atoms with Gasteiger partial charge in [0, 0.05) is 12.6 Å². The molecule has 1 aromatic rings. The second-order valence-corrected chi connectivity index (χ2v) is 7.54. The number of aliphatic carboxylic acids is 2. The Balaban J connectivity index is 0.000000568. The SMILES string of the molecule is CC(C)c1ccccc1OCC(O)CNC1CCCCC1C.O=C(O)C(=O)O. The van der Waals surface area contributed by atoms with Gasteiger partial charge in [0.05, 0.1) is 0 Å². The molecule has 1 fully saturated rings. The molecular weight excluding hydrogens is 362 g/mol. The van der Waals surface area contributed by atoms with Crippen molar-refractivity contribution in [2.24, 2.45) is 5.92 Å². The van der Waals surface area contributed by atoms with Crippen LogP contribution in [0.4, 0.5) is 0 Å². The summed E-state index contributed by atoms with van der Waals surface area (Å²) in [7, 11) is 0. The zero-order valence-corrected chi connectivity index (χ0v) is 16.9. The molecule has 0 aromatic heterocycles. The van der Waals surface area contributed by atoms with Gasteiger partial charge < -0.3 is 25.4 Å². The number of ether oxygens (including phenoxy) is 1. The van der Waals surface area contributed by atoms with Crippen molar-refractivity contribution in [2.45, 2.75) is 64.5 Å². The maximum atomic E-state index is 10.2. The average Bonchev–Trinajstić information content (AvgIpc) is 2.66. The van der Waals surface area contributed by atoms with Crippen molar-refractivity contribution in [3.63, 3.8) is 0 Å². The van der Waals surface area contributed by atoms with Crippen molar-refractivity contribution in [1.29, 1.82) is 0 Å². The molecule has 158 valence electrons. The molecular formula is C21H33NO6. The number of carboxylic acids is 2. The summed E-state index contributed by atoms with van der Waals surface area (Å²) in [6.07, 6.45) is 4.71. The van der Waals surface area contributed by atoms with Crippen molar-refractivity contribution in [1.82, 2.24) is 5.32 Å². The zero-order chi connectivity index (χ0) is 21.1. The van der Waals surface area contributed by atoms with E-state index < -0.39 is 18.0 Å². The number of hydrogen-bond donors (Lipinski definition) is 4. The number of carbonyl (C=O) groups is 2. The smallest absolute Gasteiger partial charge is 0.414 e. The fraction of sp³-hybridized carbons (Fsp3) is 0.619. The summed E-state index contributed by atoms with van der Waals surface area (Å²) in [4.78, 5) is 18.2. The van der Waals surface area contributed by atoms with E-state index in [1.165, 1.54) is 31.2 Å². The number of aliphatic hydroxyl groups is 1. The Morgan fingerprint density at radius 3 is 2.32 bits per heavy atom. The van der Waals surface area contributed by atoms with Gasteiger partial charge in [-0.3, -0.25) is 0 Å². The highest BCUT2D eigenvalue weighted by molar-refractivity contribution is 6.27. The number of carboxylic acid groups (broad SMARTS) is 2. The summed E-state index contributed by atoms with van der Waals surface area (Å²) in [5.74, 6) is -1.62. The molecule has 7 heteroatoms. The van der Waals surface area contributed by atoms with Crippen LogP contribution in [-0.2, 0) is 9.59 Å². The molecule has 0 radical (unpaired) electrons. The van der Waals surface area contributed by atoms with Gasteiger partial charge in [0.2, 0.25) is 0 Å². The Hall–Kier alpha value is -2.12. The fourth-order valence-corrected chi connectivity index (χ4v) is 3.24. The lowest BCUT2D eigenvalue weighted by Gasteiger charge is -2.30. The lowest BCUT2D eigenvalue weighted by Crippen LogP contribution is -2.42. The van der Waals surface area contributed by atoms with Crippen LogP contribution in [-0.4, -0.2) is 52.6 Å². The minimum Gasteiger partial charge on any atom is -0.491 e. The van der Waals surface area contributed by atoms with E-state index in [1.54, 1.807) is 0 Å². The van der Waals surface area contributed by atoms with Crippen LogP contribution in [0, 0.1) is 5.92 Å². The first kappa shape index (κ1) is 23.9. The molecule has 1 aliphatic rings. The standard InChI is InChI=1S/C19H31NO2.C2H2O4/c1-14(2)17-9-5-7-11-19(17)22-13-16(21)12-20-18-10-6-4-8-15(18)3;3-1(4)2(5)6/h5,7,9,11,14-16,18,20-21H,4,6,8,10,12-13H2,1-3H3;(H,3,4)(H,5,6). The van der Waals surface area contributed by atoms with Crippen LogP contribution in [0.5, 0.6) is 5.75 Å². The normalized spacial score (nSPS) is 20.0. The van der Waals surface area contributed by atoms with Gasteiger partial charge in [-0.15, -0.1) is 0 Å². The van der Waals surface area contributed by atoms with E-state index in [9.17, 15) is 5.11 Å². The van der Waals surface area contributed by atoms with Gasteiger partial charge in [0.25, 0.3) is 0 Å². The first-order chi connectivity index (χ1) is 13.2. The lowest BCUT2D eigenvalue weighted by molar-refractivity contribution is -0.159. The molecule has 1 aliphatic carbocycles. The summed E-state index contributed by atoms with van der Waals surface area (Å²) in [5, 5.41) is 28.5. The third-order valence-electron chi connectivity index (χ3n) is 4.88. The van der Waals surface area contributed by atoms with E-state index in [4.69, 9.17) is 24.5 Å². The first-order valence-electron chi connectivity index (χ1n) is 9.81. The van der Waals surface area contributed by atoms with Crippen LogP contribution >= 0.6 is 0 Å². The third kappa shape index (κ3) is 8.71. The van der Waals surface area contributed by atoms with Crippen LogP contribution < -0.4 is 10.1 Å². The van der Waals surface area contributed by atoms with E-state index in [1.807, 2.05) is 18.2 Å². The molecule has 3 atom stereocenters. The number of rotatable bonds is 7. The zero-order valence-electron chi connectivity index (χ0n) is 16.9. The Bertz CT molecular complexity index is 607. The van der Waals surface area contributed by atoms with Crippen LogP contribution in [0.15, 0.2) is 24.3 Å². The molecule has 0 amide bonds. The summed E-state index contributed by atoms with van der Waals surface area (Å²) >= 11 is 0. The molecule has 0 spiro atoms. The summed E-state index contributed by atoms with van der Waals surface area (Å²) in [6, 6.07) is 8.64. The monoisotopic (exact) mass is 395 g/mol. The molecule has 7 nitrogen and oxygen atoms in total. The molecule has 28 heavy (non-hydrogen) atoms. The van der Waals surface area contributed by atoms with Crippen LogP contribution in [0.25, 0.3) is 0 Å². The second-order valence-electron chi connectivity index (χ2n) is 7.54. The predicted octanol–water partition coefficient (Wildman–Crippen LogP) is 2.87. The number of benzene rings is 1.